The molecule has 0 amide bonds. The molecule has 0 N–H and O–H groups in total. The van der Waals surface area contributed by atoms with Crippen molar-refractivity contribution in [2.45, 2.75) is 32.4 Å². The first-order valence-electron chi connectivity index (χ1n) is 7.92. The molecule has 0 spiro atoms. The fraction of sp³-hybridized carbons (Fsp3) is 0.444. The van der Waals surface area contributed by atoms with Gasteiger partial charge in [-0.2, -0.15) is 0 Å². The van der Waals surface area contributed by atoms with Gasteiger partial charge >= 0.3 is 0 Å². The van der Waals surface area contributed by atoms with Gasteiger partial charge in [-0.1, -0.05) is 24.3 Å². The fourth-order valence-electron chi connectivity index (χ4n) is 3.05. The summed E-state index contributed by atoms with van der Waals surface area (Å²) >= 11 is 0. The summed E-state index contributed by atoms with van der Waals surface area (Å²) in [5, 5.41) is 0. The smallest absolute Gasteiger partial charge is 0.116 e. The molecular weight excluding hydrogens is 274 g/mol. The summed E-state index contributed by atoms with van der Waals surface area (Å²) in [5.41, 5.74) is 4.35. The molecule has 1 aliphatic heterocycles. The van der Waals surface area contributed by atoms with Crippen molar-refractivity contribution in [1.82, 2.24) is 14.9 Å². The second kappa shape index (κ2) is 6.99. The van der Waals surface area contributed by atoms with Crippen molar-refractivity contribution in [2.24, 2.45) is 0 Å². The monoisotopic (exact) mass is 297 g/mol. The van der Waals surface area contributed by atoms with Crippen molar-refractivity contribution in [3.63, 3.8) is 0 Å². The molecule has 4 heteroatoms. The van der Waals surface area contributed by atoms with Gasteiger partial charge in [0.05, 0.1) is 18.0 Å². The first-order valence-corrected chi connectivity index (χ1v) is 7.92. The Kier molecular flexibility index (Phi) is 4.80. The number of hydrogen-bond acceptors (Lipinski definition) is 4. The van der Waals surface area contributed by atoms with Crippen LogP contribution in [0.5, 0.6) is 0 Å². The number of likely N-dealkylation sites (tertiary alicyclic amines) is 1. The Morgan fingerprint density at radius 2 is 1.86 bits per heavy atom. The summed E-state index contributed by atoms with van der Waals surface area (Å²) in [6.07, 6.45) is 4.25. The summed E-state index contributed by atoms with van der Waals surface area (Å²) in [6, 6.07) is 11.2. The topological polar surface area (TPSA) is 38.2 Å². The molecule has 2 aromatic rings. The van der Waals surface area contributed by atoms with Gasteiger partial charge in [-0.3, -0.25) is 4.90 Å². The number of hydrogen-bond donors (Lipinski definition) is 0. The molecule has 0 aliphatic carbocycles. The van der Waals surface area contributed by atoms with Crippen LogP contribution in [0.3, 0.4) is 0 Å². The molecule has 1 fully saturated rings. The minimum absolute atomic E-state index is 0.492. The molecular formula is C18H23N3O. The molecule has 1 aromatic carbocycles. The molecule has 22 heavy (non-hydrogen) atoms. The normalized spacial score (nSPS) is 16.8. The molecule has 1 aliphatic rings. The van der Waals surface area contributed by atoms with Gasteiger partial charge in [0.25, 0.3) is 0 Å². The van der Waals surface area contributed by atoms with Crippen LogP contribution >= 0.6 is 0 Å². The molecule has 1 atom stereocenters. The average molecular weight is 297 g/mol. The zero-order valence-corrected chi connectivity index (χ0v) is 13.3. The Morgan fingerprint density at radius 1 is 1.14 bits per heavy atom. The highest BCUT2D eigenvalue weighted by Gasteiger charge is 2.19. The Balaban J connectivity index is 1.77. The van der Waals surface area contributed by atoms with Crippen LogP contribution in [0.15, 0.2) is 36.7 Å². The van der Waals surface area contributed by atoms with E-state index < -0.39 is 0 Å². The summed E-state index contributed by atoms with van der Waals surface area (Å²) < 4.78 is 5.13. The van der Waals surface area contributed by atoms with Crippen LogP contribution in [0, 0.1) is 0 Å². The quantitative estimate of drug-likeness (QED) is 0.847. The van der Waals surface area contributed by atoms with E-state index in [0.29, 0.717) is 12.6 Å². The molecule has 1 aromatic heterocycles. The Hall–Kier alpha value is -1.78. The lowest BCUT2D eigenvalue weighted by atomic mass is 10.0. The average Bonchev–Trinajstić information content (AvgIpc) is 3.09. The molecule has 0 unspecified atom stereocenters. The molecule has 0 radical (unpaired) electrons. The summed E-state index contributed by atoms with van der Waals surface area (Å²) in [7, 11) is 1.68. The predicted molar refractivity (Wildman–Crippen MR) is 87.4 cm³/mol. The van der Waals surface area contributed by atoms with E-state index >= 15 is 0 Å². The maximum absolute atomic E-state index is 5.13. The van der Waals surface area contributed by atoms with Crippen molar-refractivity contribution < 1.29 is 4.74 Å². The van der Waals surface area contributed by atoms with Crippen molar-refractivity contribution in [2.75, 3.05) is 20.2 Å². The van der Waals surface area contributed by atoms with E-state index in [1.54, 1.807) is 13.4 Å². The molecule has 4 nitrogen and oxygen atoms in total. The maximum atomic E-state index is 5.13. The number of ether oxygens (including phenoxy) is 1. The first kappa shape index (κ1) is 15.1. The lowest BCUT2D eigenvalue weighted by Crippen LogP contribution is -2.23. The van der Waals surface area contributed by atoms with Gasteiger partial charge in [0.2, 0.25) is 0 Å². The minimum atomic E-state index is 0.492. The van der Waals surface area contributed by atoms with Crippen LogP contribution in [-0.2, 0) is 11.3 Å². The van der Waals surface area contributed by atoms with Gasteiger partial charge in [0.1, 0.15) is 6.33 Å². The zero-order chi connectivity index (χ0) is 15.4. The number of aromatic nitrogens is 2. The van der Waals surface area contributed by atoms with Gasteiger partial charge in [-0.05, 0) is 44.5 Å². The SMILES string of the molecule is COCc1cc(-c2ccc([C@H](C)N3CCCC3)cc2)ncn1. The van der Waals surface area contributed by atoms with Crippen LogP contribution in [0.4, 0.5) is 0 Å². The molecule has 1 saturated heterocycles. The molecule has 116 valence electrons. The van der Waals surface area contributed by atoms with E-state index in [1.165, 1.54) is 31.5 Å². The third-order valence-corrected chi connectivity index (χ3v) is 4.39. The van der Waals surface area contributed by atoms with Crippen LogP contribution in [0.1, 0.15) is 37.1 Å². The molecule has 3 rings (SSSR count). The standard InChI is InChI=1S/C18H23N3O/c1-14(21-9-3-4-10-21)15-5-7-16(8-6-15)18-11-17(12-22-2)19-13-20-18/h5-8,11,13-14H,3-4,9-10,12H2,1-2H3/t14-/m0/s1. The first-order chi connectivity index (χ1) is 10.8. The van der Waals surface area contributed by atoms with Crippen LogP contribution in [0.25, 0.3) is 11.3 Å². The van der Waals surface area contributed by atoms with Gasteiger partial charge in [0, 0.05) is 18.7 Å². The maximum Gasteiger partial charge on any atom is 0.116 e. The molecule has 2 heterocycles. The van der Waals surface area contributed by atoms with E-state index in [4.69, 9.17) is 4.74 Å². The second-order valence-corrected chi connectivity index (χ2v) is 5.87. The summed E-state index contributed by atoms with van der Waals surface area (Å²) in [6.45, 7) is 5.24. The summed E-state index contributed by atoms with van der Waals surface area (Å²) in [5.74, 6) is 0. The predicted octanol–water partition coefficient (Wildman–Crippen LogP) is 3.45. The lowest BCUT2D eigenvalue weighted by molar-refractivity contribution is 0.181. The van der Waals surface area contributed by atoms with E-state index in [1.807, 2.05) is 6.07 Å². The third-order valence-electron chi connectivity index (χ3n) is 4.39. The Morgan fingerprint density at radius 3 is 2.55 bits per heavy atom. The minimum Gasteiger partial charge on any atom is -0.378 e. The highest BCUT2D eigenvalue weighted by atomic mass is 16.5. The van der Waals surface area contributed by atoms with Crippen molar-refractivity contribution in [1.29, 1.82) is 0 Å². The number of methoxy groups -OCH3 is 1. The zero-order valence-electron chi connectivity index (χ0n) is 13.3. The summed E-state index contributed by atoms with van der Waals surface area (Å²) in [4.78, 5) is 11.1. The molecule has 0 saturated carbocycles. The number of nitrogens with zero attached hydrogens (tertiary/aromatic N) is 3. The van der Waals surface area contributed by atoms with E-state index in [9.17, 15) is 0 Å². The lowest BCUT2D eigenvalue weighted by Gasteiger charge is -2.24. The van der Waals surface area contributed by atoms with Crippen LogP contribution in [-0.4, -0.2) is 35.1 Å². The Bertz CT molecular complexity index is 606. The van der Waals surface area contributed by atoms with Crippen LogP contribution in [0.2, 0.25) is 0 Å². The van der Waals surface area contributed by atoms with Crippen molar-refractivity contribution >= 4 is 0 Å². The Labute approximate surface area is 132 Å². The van der Waals surface area contributed by atoms with Crippen molar-refractivity contribution in [3.05, 3.63) is 47.9 Å². The van der Waals surface area contributed by atoms with Crippen LogP contribution < -0.4 is 0 Å². The second-order valence-electron chi connectivity index (χ2n) is 5.87. The van der Waals surface area contributed by atoms with E-state index in [0.717, 1.165) is 17.0 Å². The van der Waals surface area contributed by atoms with E-state index in [-0.39, 0.29) is 0 Å². The highest BCUT2D eigenvalue weighted by molar-refractivity contribution is 5.59. The fourth-order valence-corrected chi connectivity index (χ4v) is 3.05. The van der Waals surface area contributed by atoms with Crippen molar-refractivity contribution in [3.8, 4) is 11.3 Å². The highest BCUT2D eigenvalue weighted by Crippen LogP contribution is 2.26. The van der Waals surface area contributed by atoms with Gasteiger partial charge in [0.15, 0.2) is 0 Å². The third kappa shape index (κ3) is 3.34. The van der Waals surface area contributed by atoms with Gasteiger partial charge < -0.3 is 4.74 Å². The number of benzene rings is 1. The number of rotatable bonds is 5. The molecule has 0 bridgehead atoms. The largest absolute Gasteiger partial charge is 0.378 e. The van der Waals surface area contributed by atoms with Gasteiger partial charge in [-0.15, -0.1) is 0 Å². The van der Waals surface area contributed by atoms with Gasteiger partial charge in [-0.25, -0.2) is 9.97 Å². The van der Waals surface area contributed by atoms with E-state index in [2.05, 4.69) is 46.1 Å².